The first-order valence-electron chi connectivity index (χ1n) is 8.64. The quantitative estimate of drug-likeness (QED) is 0.413. The van der Waals surface area contributed by atoms with Gasteiger partial charge in [-0.2, -0.15) is 13.2 Å². The van der Waals surface area contributed by atoms with E-state index in [1.807, 2.05) is 6.92 Å². The molecule has 2 rings (SSSR count). The first kappa shape index (κ1) is 20.0. The van der Waals surface area contributed by atoms with Crippen LogP contribution in [0.5, 0.6) is 0 Å². The van der Waals surface area contributed by atoms with Crippen LogP contribution in [0.1, 0.15) is 49.7 Å². The van der Waals surface area contributed by atoms with Gasteiger partial charge < -0.3 is 15.4 Å². The van der Waals surface area contributed by atoms with Crippen LogP contribution < -0.4 is 10.6 Å². The van der Waals surface area contributed by atoms with Crippen molar-refractivity contribution in [1.82, 2.24) is 15.6 Å². The Morgan fingerprint density at radius 2 is 2.12 bits per heavy atom. The molecular formula is C16H25F3N4OS. The fourth-order valence-corrected chi connectivity index (χ4v) is 3.31. The molecule has 2 N–H and O–H groups in total. The number of aromatic nitrogens is 1. The van der Waals surface area contributed by atoms with E-state index in [1.54, 1.807) is 0 Å². The number of ether oxygens (including phenoxy) is 1. The van der Waals surface area contributed by atoms with Gasteiger partial charge in [0.05, 0.1) is 12.6 Å². The normalized spacial score (nSPS) is 16.4. The number of thiazole rings is 1. The first-order valence-corrected chi connectivity index (χ1v) is 9.52. The number of nitrogens with one attached hydrogen (secondary N) is 2. The zero-order valence-electron chi connectivity index (χ0n) is 14.4. The van der Waals surface area contributed by atoms with Crippen LogP contribution in [0.2, 0.25) is 0 Å². The Balaban J connectivity index is 1.72. The SMILES string of the molecule is CCNC(=NCc1nc(C(F)(F)F)cs1)NCCCOC1CCCC1. The van der Waals surface area contributed by atoms with E-state index in [4.69, 9.17) is 4.74 Å². The lowest BCUT2D eigenvalue weighted by Gasteiger charge is -2.13. The number of hydrogen-bond donors (Lipinski definition) is 2. The van der Waals surface area contributed by atoms with Crippen LogP contribution in [0.4, 0.5) is 13.2 Å². The van der Waals surface area contributed by atoms with Gasteiger partial charge in [-0.15, -0.1) is 11.3 Å². The molecule has 1 aliphatic carbocycles. The van der Waals surface area contributed by atoms with Gasteiger partial charge in [-0.1, -0.05) is 12.8 Å². The smallest absolute Gasteiger partial charge is 0.378 e. The molecule has 0 unspecified atom stereocenters. The predicted molar refractivity (Wildman–Crippen MR) is 92.8 cm³/mol. The minimum Gasteiger partial charge on any atom is -0.378 e. The standard InChI is InChI=1S/C16H25F3N4OS/c1-2-20-15(21-8-5-9-24-12-6-3-4-7-12)22-10-14-23-13(11-25-14)16(17,18)19/h11-12H,2-10H2,1H3,(H2,20,21,22). The predicted octanol–water partition coefficient (Wildman–Crippen LogP) is 3.57. The van der Waals surface area contributed by atoms with Gasteiger partial charge in [0.25, 0.3) is 0 Å². The molecule has 9 heteroatoms. The molecule has 25 heavy (non-hydrogen) atoms. The number of guanidine groups is 1. The van der Waals surface area contributed by atoms with Crippen LogP contribution >= 0.6 is 11.3 Å². The highest BCUT2D eigenvalue weighted by atomic mass is 32.1. The summed E-state index contributed by atoms with van der Waals surface area (Å²) in [6.07, 6.45) is 1.70. The highest BCUT2D eigenvalue weighted by Crippen LogP contribution is 2.30. The van der Waals surface area contributed by atoms with Gasteiger partial charge in [0, 0.05) is 25.1 Å². The first-order chi connectivity index (χ1) is 12.0. The van der Waals surface area contributed by atoms with Gasteiger partial charge in [0.15, 0.2) is 11.7 Å². The molecule has 0 aromatic carbocycles. The lowest BCUT2D eigenvalue weighted by Crippen LogP contribution is -2.38. The summed E-state index contributed by atoms with van der Waals surface area (Å²) in [4.78, 5) is 7.87. The van der Waals surface area contributed by atoms with Gasteiger partial charge in [-0.3, -0.25) is 0 Å². The second-order valence-electron chi connectivity index (χ2n) is 5.88. The summed E-state index contributed by atoms with van der Waals surface area (Å²) in [6, 6.07) is 0. The Morgan fingerprint density at radius 1 is 1.36 bits per heavy atom. The zero-order chi connectivity index (χ0) is 18.1. The molecule has 0 aliphatic heterocycles. The summed E-state index contributed by atoms with van der Waals surface area (Å²) in [7, 11) is 0. The van der Waals surface area contributed by atoms with Crippen molar-refractivity contribution >= 4 is 17.3 Å². The summed E-state index contributed by atoms with van der Waals surface area (Å²) in [5.41, 5.74) is -0.857. The van der Waals surface area contributed by atoms with E-state index < -0.39 is 11.9 Å². The second kappa shape index (κ2) is 9.96. The van der Waals surface area contributed by atoms with Gasteiger partial charge >= 0.3 is 6.18 Å². The van der Waals surface area contributed by atoms with Crippen LogP contribution in [-0.2, 0) is 17.5 Å². The fraction of sp³-hybridized carbons (Fsp3) is 0.750. The summed E-state index contributed by atoms with van der Waals surface area (Å²) < 4.78 is 43.4. The maximum absolute atomic E-state index is 12.5. The molecule has 0 saturated heterocycles. The number of nitrogens with zero attached hydrogens (tertiary/aromatic N) is 2. The zero-order valence-corrected chi connectivity index (χ0v) is 15.2. The van der Waals surface area contributed by atoms with Crippen molar-refractivity contribution in [3.8, 4) is 0 Å². The van der Waals surface area contributed by atoms with E-state index in [-0.39, 0.29) is 6.54 Å². The van der Waals surface area contributed by atoms with Crippen molar-refractivity contribution in [3.63, 3.8) is 0 Å². The molecule has 1 aliphatic rings. The number of rotatable bonds is 8. The van der Waals surface area contributed by atoms with Crippen molar-refractivity contribution < 1.29 is 17.9 Å². The van der Waals surface area contributed by atoms with E-state index in [0.29, 0.717) is 36.8 Å². The molecule has 142 valence electrons. The molecule has 0 amide bonds. The van der Waals surface area contributed by atoms with Crippen LogP contribution in [0.25, 0.3) is 0 Å². The molecule has 1 saturated carbocycles. The van der Waals surface area contributed by atoms with E-state index in [0.717, 1.165) is 36.0 Å². The monoisotopic (exact) mass is 378 g/mol. The number of alkyl halides is 3. The third-order valence-corrected chi connectivity index (χ3v) is 4.66. The summed E-state index contributed by atoms with van der Waals surface area (Å²) in [5.74, 6) is 0.576. The molecule has 0 atom stereocenters. The van der Waals surface area contributed by atoms with Gasteiger partial charge in [-0.05, 0) is 26.2 Å². The molecular weight excluding hydrogens is 353 g/mol. The number of hydrogen-bond acceptors (Lipinski definition) is 4. The van der Waals surface area contributed by atoms with Crippen LogP contribution in [-0.4, -0.2) is 36.7 Å². The maximum atomic E-state index is 12.5. The summed E-state index contributed by atoms with van der Waals surface area (Å²) >= 11 is 0.969. The molecule has 1 aromatic rings. The largest absolute Gasteiger partial charge is 0.434 e. The van der Waals surface area contributed by atoms with E-state index in [2.05, 4.69) is 20.6 Å². The summed E-state index contributed by atoms with van der Waals surface area (Å²) in [6.45, 7) is 4.14. The molecule has 0 bridgehead atoms. The van der Waals surface area contributed by atoms with Gasteiger partial charge in [0.1, 0.15) is 5.01 Å². The van der Waals surface area contributed by atoms with Crippen molar-refractivity contribution in [2.75, 3.05) is 19.7 Å². The van der Waals surface area contributed by atoms with Crippen LogP contribution in [0, 0.1) is 0 Å². The summed E-state index contributed by atoms with van der Waals surface area (Å²) in [5, 5.41) is 7.60. The minimum absolute atomic E-state index is 0.120. The van der Waals surface area contributed by atoms with E-state index in [1.165, 1.54) is 12.8 Å². The van der Waals surface area contributed by atoms with Crippen LogP contribution in [0.15, 0.2) is 10.4 Å². The lowest BCUT2D eigenvalue weighted by molar-refractivity contribution is -0.140. The highest BCUT2D eigenvalue weighted by molar-refractivity contribution is 7.09. The van der Waals surface area contributed by atoms with Crippen molar-refractivity contribution in [2.45, 2.75) is 57.9 Å². The Kier molecular flexibility index (Phi) is 7.95. The average Bonchev–Trinajstić information content (AvgIpc) is 3.23. The third-order valence-electron chi connectivity index (χ3n) is 3.83. The number of halogens is 3. The minimum atomic E-state index is -4.40. The number of aliphatic imine (C=N–C) groups is 1. The van der Waals surface area contributed by atoms with E-state index >= 15 is 0 Å². The second-order valence-corrected chi connectivity index (χ2v) is 6.82. The molecule has 1 aromatic heterocycles. The Morgan fingerprint density at radius 3 is 2.76 bits per heavy atom. The highest BCUT2D eigenvalue weighted by Gasteiger charge is 2.33. The fourth-order valence-electron chi connectivity index (χ4n) is 2.59. The van der Waals surface area contributed by atoms with Gasteiger partial charge in [0.2, 0.25) is 0 Å². The molecule has 0 radical (unpaired) electrons. The topological polar surface area (TPSA) is 58.5 Å². The Bertz CT molecular complexity index is 542. The Labute approximate surface area is 150 Å². The average molecular weight is 378 g/mol. The molecule has 1 fully saturated rings. The van der Waals surface area contributed by atoms with Crippen molar-refractivity contribution in [2.24, 2.45) is 4.99 Å². The van der Waals surface area contributed by atoms with Crippen molar-refractivity contribution in [3.05, 3.63) is 16.1 Å². The van der Waals surface area contributed by atoms with Crippen molar-refractivity contribution in [1.29, 1.82) is 0 Å². The van der Waals surface area contributed by atoms with Crippen LogP contribution in [0.3, 0.4) is 0 Å². The van der Waals surface area contributed by atoms with Gasteiger partial charge in [-0.25, -0.2) is 9.98 Å². The third kappa shape index (κ3) is 7.19. The Hall–Kier alpha value is -1.35. The lowest BCUT2D eigenvalue weighted by atomic mass is 10.3. The maximum Gasteiger partial charge on any atom is 0.434 e. The molecule has 0 spiro atoms. The van der Waals surface area contributed by atoms with E-state index in [9.17, 15) is 13.2 Å². The molecule has 1 heterocycles. The molecule has 5 nitrogen and oxygen atoms in total.